The van der Waals surface area contributed by atoms with Gasteiger partial charge in [0.2, 0.25) is 10.0 Å². The summed E-state index contributed by atoms with van der Waals surface area (Å²) in [6, 6.07) is 5.47. The summed E-state index contributed by atoms with van der Waals surface area (Å²) >= 11 is 0. The van der Waals surface area contributed by atoms with Crippen LogP contribution in [0.2, 0.25) is 0 Å². The van der Waals surface area contributed by atoms with Gasteiger partial charge in [-0.2, -0.15) is 0 Å². The van der Waals surface area contributed by atoms with Crippen molar-refractivity contribution in [2.45, 2.75) is 17.9 Å². The first-order valence-electron chi connectivity index (χ1n) is 5.51. The molecule has 1 rings (SSSR count). The third-order valence-electron chi connectivity index (χ3n) is 2.37. The van der Waals surface area contributed by atoms with Crippen molar-refractivity contribution in [2.24, 2.45) is 5.14 Å². The highest BCUT2D eigenvalue weighted by atomic mass is 32.2. The van der Waals surface area contributed by atoms with Crippen LogP contribution >= 0.6 is 0 Å². The molecule has 0 spiro atoms. The Hall–Kier alpha value is -1.64. The van der Waals surface area contributed by atoms with Crippen molar-refractivity contribution >= 4 is 16.1 Å². The van der Waals surface area contributed by atoms with Crippen molar-refractivity contribution in [1.82, 2.24) is 5.32 Å². The molecule has 0 radical (unpaired) electrons. The topological polar surface area (TPSA) is 119 Å². The Kier molecular flexibility index (Phi) is 5.28. The number of nitrogens with two attached hydrogens (primary N) is 1. The molecule has 1 amide bonds. The van der Waals surface area contributed by atoms with Crippen LogP contribution in [0.3, 0.4) is 0 Å². The fraction of sp³-hybridized carbons (Fsp3) is 0.364. The van der Waals surface area contributed by atoms with Crippen LogP contribution in [-0.2, 0) is 14.8 Å². The summed E-state index contributed by atoms with van der Waals surface area (Å²) in [5, 5.41) is 16.0. The van der Waals surface area contributed by atoms with Crippen LogP contribution in [0.1, 0.15) is 18.5 Å². The van der Waals surface area contributed by atoms with E-state index in [1.54, 1.807) is 19.1 Å². The van der Waals surface area contributed by atoms with E-state index in [-0.39, 0.29) is 24.2 Å². The van der Waals surface area contributed by atoms with E-state index in [4.69, 9.17) is 10.2 Å². The van der Waals surface area contributed by atoms with Gasteiger partial charge in [-0.25, -0.2) is 18.4 Å². The quantitative estimate of drug-likeness (QED) is 0.710. The Balaban J connectivity index is 2.68. The van der Waals surface area contributed by atoms with Gasteiger partial charge < -0.3 is 15.2 Å². The number of amides is 1. The highest BCUT2D eigenvalue weighted by Gasteiger charge is 2.12. The molecule has 0 bridgehead atoms. The molecule has 8 heteroatoms. The molecule has 0 saturated heterocycles. The average molecular weight is 288 g/mol. The second kappa shape index (κ2) is 6.50. The minimum Gasteiger partial charge on any atom is -0.447 e. The molecule has 4 N–H and O–H groups in total. The molecule has 1 aromatic carbocycles. The van der Waals surface area contributed by atoms with Gasteiger partial charge in [0.05, 0.1) is 17.5 Å². The zero-order chi connectivity index (χ0) is 14.5. The van der Waals surface area contributed by atoms with Crippen molar-refractivity contribution in [1.29, 1.82) is 0 Å². The standard InChI is InChI=1S/C11H16N2O5S/c1-8(13-11(15)18-7-6-14)9-2-4-10(5-3-9)19(12,16)17/h2-5,8,14H,6-7H2,1H3,(H,13,15)(H2,12,16,17). The second-order valence-corrected chi connectivity index (χ2v) is 5.40. The minimum atomic E-state index is -3.72. The molecular weight excluding hydrogens is 272 g/mol. The molecule has 0 saturated carbocycles. The van der Waals surface area contributed by atoms with E-state index in [1.165, 1.54) is 12.1 Å². The van der Waals surface area contributed by atoms with Gasteiger partial charge in [0.15, 0.2) is 0 Å². The van der Waals surface area contributed by atoms with Crippen LogP contribution in [0.4, 0.5) is 4.79 Å². The lowest BCUT2D eigenvalue weighted by Crippen LogP contribution is -2.28. The van der Waals surface area contributed by atoms with Crippen LogP contribution in [-0.4, -0.2) is 32.8 Å². The minimum absolute atomic E-state index is 0.00584. The number of ether oxygens (including phenoxy) is 1. The van der Waals surface area contributed by atoms with Crippen molar-refractivity contribution in [3.8, 4) is 0 Å². The van der Waals surface area contributed by atoms with Gasteiger partial charge >= 0.3 is 6.09 Å². The summed E-state index contributed by atoms with van der Waals surface area (Å²) < 4.78 is 26.8. The Morgan fingerprint density at radius 3 is 2.47 bits per heavy atom. The fourth-order valence-electron chi connectivity index (χ4n) is 1.39. The smallest absolute Gasteiger partial charge is 0.407 e. The largest absolute Gasteiger partial charge is 0.447 e. The van der Waals surface area contributed by atoms with Gasteiger partial charge in [0.1, 0.15) is 6.61 Å². The summed E-state index contributed by atoms with van der Waals surface area (Å²) in [5.41, 5.74) is 0.702. The van der Waals surface area contributed by atoms with E-state index in [1.807, 2.05) is 0 Å². The van der Waals surface area contributed by atoms with Crippen LogP contribution in [0.15, 0.2) is 29.2 Å². The number of hydrogen-bond donors (Lipinski definition) is 3. The number of benzene rings is 1. The maximum atomic E-state index is 11.3. The third-order valence-corrected chi connectivity index (χ3v) is 3.30. The highest BCUT2D eigenvalue weighted by Crippen LogP contribution is 2.15. The lowest BCUT2D eigenvalue weighted by Gasteiger charge is -2.14. The van der Waals surface area contributed by atoms with Gasteiger partial charge in [-0.3, -0.25) is 0 Å². The summed E-state index contributed by atoms with van der Waals surface area (Å²) in [5.74, 6) is 0. The number of primary sulfonamides is 1. The monoisotopic (exact) mass is 288 g/mol. The zero-order valence-electron chi connectivity index (χ0n) is 10.4. The lowest BCUT2D eigenvalue weighted by molar-refractivity contribution is 0.116. The first kappa shape index (κ1) is 15.4. The Morgan fingerprint density at radius 1 is 1.42 bits per heavy atom. The van der Waals surface area contributed by atoms with E-state index in [0.717, 1.165) is 0 Å². The Morgan fingerprint density at radius 2 is 2.00 bits per heavy atom. The van der Waals surface area contributed by atoms with E-state index >= 15 is 0 Å². The Bertz CT molecular complexity index is 527. The number of sulfonamides is 1. The normalized spacial score (nSPS) is 12.8. The molecule has 19 heavy (non-hydrogen) atoms. The Labute approximate surface area is 111 Å². The summed E-state index contributed by atoms with van der Waals surface area (Å²) in [6.07, 6.45) is -0.655. The average Bonchev–Trinajstić information content (AvgIpc) is 2.35. The SMILES string of the molecule is CC(NC(=O)OCCO)c1ccc(S(N)(=O)=O)cc1. The number of aliphatic hydroxyl groups is 1. The van der Waals surface area contributed by atoms with Crippen molar-refractivity contribution in [3.05, 3.63) is 29.8 Å². The van der Waals surface area contributed by atoms with Crippen molar-refractivity contribution in [2.75, 3.05) is 13.2 Å². The van der Waals surface area contributed by atoms with Crippen LogP contribution < -0.4 is 10.5 Å². The predicted molar refractivity (Wildman–Crippen MR) is 67.8 cm³/mol. The molecule has 0 fully saturated rings. The van der Waals surface area contributed by atoms with Gasteiger partial charge in [-0.1, -0.05) is 12.1 Å². The molecule has 0 aliphatic carbocycles. The van der Waals surface area contributed by atoms with Crippen LogP contribution in [0.5, 0.6) is 0 Å². The summed E-state index contributed by atoms with van der Waals surface area (Å²) in [4.78, 5) is 11.3. The van der Waals surface area contributed by atoms with Gasteiger partial charge in [-0.05, 0) is 24.6 Å². The second-order valence-electron chi connectivity index (χ2n) is 3.84. The van der Waals surface area contributed by atoms with Crippen molar-refractivity contribution in [3.63, 3.8) is 0 Å². The molecule has 1 atom stereocenters. The number of carbonyl (C=O) groups excluding carboxylic acids is 1. The summed E-state index contributed by atoms with van der Waals surface area (Å²) in [6.45, 7) is 1.39. The molecule has 1 aromatic rings. The molecule has 0 heterocycles. The fourth-order valence-corrected chi connectivity index (χ4v) is 1.90. The molecule has 0 aliphatic rings. The molecular formula is C11H16N2O5S. The highest BCUT2D eigenvalue weighted by molar-refractivity contribution is 7.89. The van der Waals surface area contributed by atoms with Gasteiger partial charge in [0.25, 0.3) is 0 Å². The maximum Gasteiger partial charge on any atom is 0.407 e. The molecule has 1 unspecified atom stereocenters. The van der Waals surface area contributed by atoms with Gasteiger partial charge in [0, 0.05) is 0 Å². The first-order valence-corrected chi connectivity index (χ1v) is 7.06. The molecule has 0 aromatic heterocycles. The van der Waals surface area contributed by atoms with E-state index in [9.17, 15) is 13.2 Å². The molecule has 7 nitrogen and oxygen atoms in total. The van der Waals surface area contributed by atoms with Crippen molar-refractivity contribution < 1.29 is 23.1 Å². The first-order chi connectivity index (χ1) is 8.84. The summed E-state index contributed by atoms with van der Waals surface area (Å²) in [7, 11) is -3.72. The van der Waals surface area contributed by atoms with Crippen LogP contribution in [0.25, 0.3) is 0 Å². The number of rotatable bonds is 5. The lowest BCUT2D eigenvalue weighted by atomic mass is 10.1. The maximum absolute atomic E-state index is 11.3. The van der Waals surface area contributed by atoms with Crippen LogP contribution in [0, 0.1) is 0 Å². The van der Waals surface area contributed by atoms with E-state index < -0.39 is 16.1 Å². The predicted octanol–water partition coefficient (Wildman–Crippen LogP) is 0.113. The molecule has 106 valence electrons. The number of aliphatic hydroxyl groups excluding tert-OH is 1. The van der Waals surface area contributed by atoms with Gasteiger partial charge in [-0.15, -0.1) is 0 Å². The number of alkyl carbamates (subject to hydrolysis) is 1. The number of nitrogens with one attached hydrogen (secondary N) is 1. The zero-order valence-corrected chi connectivity index (χ0v) is 11.2. The number of hydrogen-bond acceptors (Lipinski definition) is 5. The van der Waals surface area contributed by atoms with E-state index in [2.05, 4.69) is 10.1 Å². The number of carbonyl (C=O) groups is 1. The molecule has 0 aliphatic heterocycles. The van der Waals surface area contributed by atoms with E-state index in [0.29, 0.717) is 5.56 Å². The third kappa shape index (κ3) is 4.86.